The Morgan fingerprint density at radius 1 is 1.00 bits per heavy atom. The lowest BCUT2D eigenvalue weighted by molar-refractivity contribution is -0.148. The predicted octanol–water partition coefficient (Wildman–Crippen LogP) is 4.95. The highest BCUT2D eigenvalue weighted by Gasteiger charge is 2.41. The van der Waals surface area contributed by atoms with E-state index in [1.54, 1.807) is 13.1 Å². The molecule has 0 unspecified atom stereocenters. The molecule has 1 aromatic carbocycles. The van der Waals surface area contributed by atoms with Crippen molar-refractivity contribution < 1.29 is 36.2 Å². The van der Waals surface area contributed by atoms with Gasteiger partial charge in [-0.25, -0.2) is 9.97 Å². The first-order valence-electron chi connectivity index (χ1n) is 13.3. The third kappa shape index (κ3) is 5.36. The standard InChI is InChI=1S/C28H23ClF6N8O2/c1-41-14-36-11-21(41)26(44,16-5-6-37-20(10-16)27(30,31)32)15-3-4-19-17(9-15)23(29)18(24(38-19)45-2)12-42-7-8-43-22(13-42)39-40-25(43)28(33,34)35/h3-6,9-11,14,44H,7-8,12-13H2,1-2H3/t26-/m0/s1. The first-order valence-corrected chi connectivity index (χ1v) is 13.7. The molecule has 1 N–H and O–H groups in total. The zero-order valence-electron chi connectivity index (χ0n) is 23.5. The molecule has 1 aliphatic rings. The average Bonchev–Trinajstić information content (AvgIpc) is 3.63. The first-order chi connectivity index (χ1) is 21.2. The minimum atomic E-state index is -4.76. The zero-order valence-corrected chi connectivity index (χ0v) is 24.3. The van der Waals surface area contributed by atoms with Gasteiger partial charge in [0.15, 0.2) is 5.60 Å². The van der Waals surface area contributed by atoms with Crippen LogP contribution in [0.1, 0.15) is 39.7 Å². The number of benzene rings is 1. The van der Waals surface area contributed by atoms with Crippen LogP contribution in [0.2, 0.25) is 5.02 Å². The number of pyridine rings is 2. The van der Waals surface area contributed by atoms with Crippen molar-refractivity contribution in [3.05, 3.63) is 93.8 Å². The average molecular weight is 653 g/mol. The minimum Gasteiger partial charge on any atom is -0.481 e. The quantitative estimate of drug-likeness (QED) is 0.257. The molecule has 0 bridgehead atoms. The third-order valence-electron chi connectivity index (χ3n) is 7.71. The van der Waals surface area contributed by atoms with E-state index in [0.717, 1.165) is 16.8 Å². The van der Waals surface area contributed by atoms with Crippen LogP contribution < -0.4 is 4.74 Å². The summed E-state index contributed by atoms with van der Waals surface area (Å²) in [5.74, 6) is -0.754. The maximum atomic E-state index is 13.6. The van der Waals surface area contributed by atoms with Crippen molar-refractivity contribution >= 4 is 22.5 Å². The van der Waals surface area contributed by atoms with E-state index in [2.05, 4.69) is 25.1 Å². The van der Waals surface area contributed by atoms with Gasteiger partial charge in [-0.05, 0) is 35.4 Å². The molecule has 236 valence electrons. The first kappa shape index (κ1) is 30.7. The van der Waals surface area contributed by atoms with Crippen molar-refractivity contribution in [2.75, 3.05) is 13.7 Å². The van der Waals surface area contributed by atoms with Crippen LogP contribution in [-0.4, -0.2) is 57.9 Å². The minimum absolute atomic E-state index is 0.00809. The van der Waals surface area contributed by atoms with E-state index in [4.69, 9.17) is 16.3 Å². The molecule has 45 heavy (non-hydrogen) atoms. The van der Waals surface area contributed by atoms with Gasteiger partial charge in [-0.3, -0.25) is 9.88 Å². The third-order valence-corrected chi connectivity index (χ3v) is 8.14. The summed E-state index contributed by atoms with van der Waals surface area (Å²) in [6.45, 7) is 0.375. The van der Waals surface area contributed by atoms with Gasteiger partial charge in [0.1, 0.15) is 11.5 Å². The number of aromatic nitrogens is 7. The number of rotatable bonds is 6. The molecule has 0 amide bonds. The Labute approximate surface area is 255 Å². The number of hydrogen-bond acceptors (Lipinski definition) is 8. The number of halogens is 7. The Bertz CT molecular complexity index is 1910. The van der Waals surface area contributed by atoms with Crippen LogP contribution in [0.5, 0.6) is 5.88 Å². The second-order valence-electron chi connectivity index (χ2n) is 10.5. The number of aryl methyl sites for hydroxylation is 1. The summed E-state index contributed by atoms with van der Waals surface area (Å²) >= 11 is 6.93. The van der Waals surface area contributed by atoms with Crippen LogP contribution in [0.3, 0.4) is 0 Å². The van der Waals surface area contributed by atoms with Crippen LogP contribution in [0.25, 0.3) is 10.9 Å². The van der Waals surface area contributed by atoms with Gasteiger partial charge >= 0.3 is 12.4 Å². The zero-order chi connectivity index (χ0) is 32.3. The van der Waals surface area contributed by atoms with Gasteiger partial charge in [0.05, 0.1) is 42.4 Å². The number of aliphatic hydroxyl groups is 1. The van der Waals surface area contributed by atoms with Gasteiger partial charge in [-0.2, -0.15) is 26.3 Å². The summed E-state index contributed by atoms with van der Waals surface area (Å²) in [6.07, 6.45) is -5.68. The molecule has 10 nitrogen and oxygen atoms in total. The maximum Gasteiger partial charge on any atom is 0.451 e. The van der Waals surface area contributed by atoms with Crippen LogP contribution in [0.4, 0.5) is 26.3 Å². The highest BCUT2D eigenvalue weighted by Crippen LogP contribution is 2.42. The SMILES string of the molecule is COc1nc2ccc([C@](O)(c3ccnc(C(F)(F)F)c3)c3cncn3C)cc2c(Cl)c1CN1CCn2c(nnc2C(F)(F)F)C1. The molecule has 0 saturated carbocycles. The topological polar surface area (TPSA) is 107 Å². The number of nitrogens with zero attached hydrogens (tertiary/aromatic N) is 8. The van der Waals surface area contributed by atoms with E-state index in [-0.39, 0.29) is 59.7 Å². The molecular weight excluding hydrogens is 630 g/mol. The van der Waals surface area contributed by atoms with Crippen molar-refractivity contribution in [1.82, 2.24) is 39.2 Å². The molecule has 4 aromatic heterocycles. The van der Waals surface area contributed by atoms with E-state index < -0.39 is 29.5 Å². The molecule has 17 heteroatoms. The Hall–Kier alpha value is -4.28. The molecule has 1 aliphatic heterocycles. The molecule has 0 spiro atoms. The van der Waals surface area contributed by atoms with Gasteiger partial charge in [0, 0.05) is 43.8 Å². The lowest BCUT2D eigenvalue weighted by Gasteiger charge is -2.31. The highest BCUT2D eigenvalue weighted by atomic mass is 35.5. The van der Waals surface area contributed by atoms with Crippen molar-refractivity contribution in [3.8, 4) is 5.88 Å². The van der Waals surface area contributed by atoms with Crippen molar-refractivity contribution in [3.63, 3.8) is 0 Å². The van der Waals surface area contributed by atoms with E-state index in [9.17, 15) is 31.4 Å². The van der Waals surface area contributed by atoms with Gasteiger partial charge < -0.3 is 19.0 Å². The molecule has 0 radical (unpaired) electrons. The molecule has 6 rings (SSSR count). The number of methoxy groups -OCH3 is 1. The number of imidazole rings is 1. The Balaban J connectivity index is 1.44. The lowest BCUT2D eigenvalue weighted by Crippen LogP contribution is -2.35. The van der Waals surface area contributed by atoms with Crippen LogP contribution in [0, 0.1) is 0 Å². The normalized spacial score (nSPS) is 15.7. The van der Waals surface area contributed by atoms with Gasteiger partial charge in [0.2, 0.25) is 11.7 Å². The molecule has 0 fully saturated rings. The van der Waals surface area contributed by atoms with E-state index in [0.29, 0.717) is 16.5 Å². The number of fused-ring (bicyclic) bond motifs is 2. The maximum absolute atomic E-state index is 13.6. The monoisotopic (exact) mass is 652 g/mol. The fraction of sp³-hybridized carbons (Fsp3) is 0.321. The van der Waals surface area contributed by atoms with E-state index in [1.165, 1.54) is 42.4 Å². The van der Waals surface area contributed by atoms with Crippen LogP contribution >= 0.6 is 11.6 Å². The molecule has 0 aliphatic carbocycles. The van der Waals surface area contributed by atoms with E-state index in [1.807, 2.05) is 4.90 Å². The fourth-order valence-electron chi connectivity index (χ4n) is 5.53. The van der Waals surface area contributed by atoms with Crippen molar-refractivity contribution in [2.24, 2.45) is 7.05 Å². The molecule has 0 saturated heterocycles. The predicted molar refractivity (Wildman–Crippen MR) is 147 cm³/mol. The Morgan fingerprint density at radius 2 is 1.76 bits per heavy atom. The van der Waals surface area contributed by atoms with Crippen molar-refractivity contribution in [1.29, 1.82) is 0 Å². The summed E-state index contributed by atoms with van der Waals surface area (Å²) in [7, 11) is 2.99. The van der Waals surface area contributed by atoms with Crippen LogP contribution in [-0.2, 0) is 44.6 Å². The molecule has 5 aromatic rings. The van der Waals surface area contributed by atoms with Crippen molar-refractivity contribution in [2.45, 2.75) is 37.6 Å². The van der Waals surface area contributed by atoms with Gasteiger partial charge in [-0.1, -0.05) is 17.7 Å². The molecule has 5 heterocycles. The second-order valence-corrected chi connectivity index (χ2v) is 10.9. The molecular formula is C28H23ClF6N8O2. The number of alkyl halides is 6. The molecule has 1 atom stereocenters. The highest BCUT2D eigenvalue weighted by molar-refractivity contribution is 6.36. The van der Waals surface area contributed by atoms with E-state index >= 15 is 0 Å². The van der Waals surface area contributed by atoms with Crippen LogP contribution in [0.15, 0.2) is 49.1 Å². The lowest BCUT2D eigenvalue weighted by atomic mass is 9.83. The second kappa shape index (κ2) is 11.0. The Kier molecular flexibility index (Phi) is 7.48. The summed E-state index contributed by atoms with van der Waals surface area (Å²) < 4.78 is 88.8. The summed E-state index contributed by atoms with van der Waals surface area (Å²) in [5, 5.41) is 19.8. The Morgan fingerprint density at radius 3 is 2.42 bits per heavy atom. The number of ether oxygens (including phenoxy) is 1. The van der Waals surface area contributed by atoms with Gasteiger partial charge in [0.25, 0.3) is 0 Å². The van der Waals surface area contributed by atoms with Gasteiger partial charge in [-0.15, -0.1) is 10.2 Å². The number of hydrogen-bond donors (Lipinski definition) is 1. The smallest absolute Gasteiger partial charge is 0.451 e. The summed E-state index contributed by atoms with van der Waals surface area (Å²) in [5.41, 5.74) is -2.29. The summed E-state index contributed by atoms with van der Waals surface area (Å²) in [4.78, 5) is 13.8. The summed E-state index contributed by atoms with van der Waals surface area (Å²) in [6, 6.07) is 6.65. The fourth-order valence-corrected chi connectivity index (χ4v) is 5.82. The largest absolute Gasteiger partial charge is 0.481 e.